The highest BCUT2D eigenvalue weighted by Crippen LogP contribution is 2.35. The van der Waals surface area contributed by atoms with Crippen LogP contribution >= 0.6 is 15.9 Å². The minimum Gasteiger partial charge on any atom is -0.497 e. The highest BCUT2D eigenvalue weighted by atomic mass is 79.9. The van der Waals surface area contributed by atoms with Crippen LogP contribution in [0.4, 0.5) is 0 Å². The Morgan fingerprint density at radius 3 is 2.36 bits per heavy atom. The van der Waals surface area contributed by atoms with Crippen LogP contribution in [-0.2, 0) is 0 Å². The van der Waals surface area contributed by atoms with Crippen molar-refractivity contribution in [3.63, 3.8) is 0 Å². The van der Waals surface area contributed by atoms with E-state index in [9.17, 15) is 4.79 Å². The van der Waals surface area contributed by atoms with Gasteiger partial charge in [0, 0.05) is 10.9 Å². The average Bonchev–Trinajstić information content (AvgIpc) is 3.20. The van der Waals surface area contributed by atoms with Crippen LogP contribution in [0.2, 0.25) is 0 Å². The number of hydrogen-bond acceptors (Lipinski definition) is 3. The molecule has 0 saturated carbocycles. The minimum atomic E-state index is -0.141. The van der Waals surface area contributed by atoms with E-state index in [0.717, 1.165) is 27.1 Å². The molecular formula is C23H19BrN2O2. The number of ether oxygens (including phenoxy) is 1. The summed E-state index contributed by atoms with van der Waals surface area (Å²) in [5.41, 5.74) is 3.54. The van der Waals surface area contributed by atoms with Crippen LogP contribution in [0.15, 0.2) is 88.4 Å². The molecule has 0 spiro atoms. The van der Waals surface area contributed by atoms with Crippen LogP contribution < -0.4 is 4.74 Å². The molecule has 1 aliphatic rings. The quantitative estimate of drug-likeness (QED) is 0.547. The van der Waals surface area contributed by atoms with Crippen molar-refractivity contribution in [3.8, 4) is 5.75 Å². The van der Waals surface area contributed by atoms with Crippen LogP contribution in [0.25, 0.3) is 0 Å². The zero-order chi connectivity index (χ0) is 19.5. The SMILES string of the molecule is COc1ccc(C2=NN(C(=O)c3ccccc3Br)[C@H](c3ccccc3)C2)cc1. The van der Waals surface area contributed by atoms with E-state index in [1.807, 2.05) is 78.9 Å². The summed E-state index contributed by atoms with van der Waals surface area (Å²) in [5, 5.41) is 6.33. The van der Waals surface area contributed by atoms with Gasteiger partial charge in [0.2, 0.25) is 0 Å². The number of hydrazone groups is 1. The van der Waals surface area contributed by atoms with Crippen LogP contribution in [-0.4, -0.2) is 23.7 Å². The maximum Gasteiger partial charge on any atom is 0.275 e. The average molecular weight is 435 g/mol. The Kier molecular flexibility index (Phi) is 5.26. The molecule has 1 atom stereocenters. The predicted molar refractivity (Wildman–Crippen MR) is 114 cm³/mol. The first kappa shape index (κ1) is 18.4. The van der Waals surface area contributed by atoms with Gasteiger partial charge in [0.25, 0.3) is 5.91 Å². The first-order chi connectivity index (χ1) is 13.7. The van der Waals surface area contributed by atoms with Crippen molar-refractivity contribution in [3.05, 3.63) is 100 Å². The molecule has 0 aliphatic carbocycles. The van der Waals surface area contributed by atoms with Crippen molar-refractivity contribution in [1.82, 2.24) is 5.01 Å². The minimum absolute atomic E-state index is 0.121. The van der Waals surface area contributed by atoms with E-state index in [0.29, 0.717) is 12.0 Å². The maximum absolute atomic E-state index is 13.3. The smallest absolute Gasteiger partial charge is 0.275 e. The molecule has 3 aromatic rings. The second-order valence-electron chi connectivity index (χ2n) is 6.54. The van der Waals surface area contributed by atoms with E-state index in [2.05, 4.69) is 15.9 Å². The maximum atomic E-state index is 13.3. The van der Waals surface area contributed by atoms with Gasteiger partial charge in [-0.2, -0.15) is 5.10 Å². The van der Waals surface area contributed by atoms with Gasteiger partial charge in [-0.15, -0.1) is 0 Å². The molecule has 0 radical (unpaired) electrons. The molecule has 28 heavy (non-hydrogen) atoms. The molecule has 0 N–H and O–H groups in total. The molecule has 4 rings (SSSR count). The topological polar surface area (TPSA) is 41.9 Å². The molecule has 0 fully saturated rings. The molecule has 0 bridgehead atoms. The van der Waals surface area contributed by atoms with E-state index in [1.165, 1.54) is 0 Å². The van der Waals surface area contributed by atoms with Crippen molar-refractivity contribution in [1.29, 1.82) is 0 Å². The molecule has 5 heteroatoms. The van der Waals surface area contributed by atoms with Crippen molar-refractivity contribution in [2.24, 2.45) is 5.10 Å². The Hall–Kier alpha value is -2.92. The van der Waals surface area contributed by atoms with Crippen LogP contribution in [0.5, 0.6) is 5.75 Å². The van der Waals surface area contributed by atoms with Gasteiger partial charge in [0.15, 0.2) is 0 Å². The molecule has 3 aromatic carbocycles. The molecule has 4 nitrogen and oxygen atoms in total. The monoisotopic (exact) mass is 434 g/mol. The van der Waals surface area contributed by atoms with Gasteiger partial charge in [0.1, 0.15) is 5.75 Å². The second kappa shape index (κ2) is 7.98. The van der Waals surface area contributed by atoms with Gasteiger partial charge in [-0.3, -0.25) is 4.79 Å². The number of amides is 1. The summed E-state index contributed by atoms with van der Waals surface area (Å²) in [6, 6.07) is 25.1. The molecule has 0 aromatic heterocycles. The third-order valence-corrected chi connectivity index (χ3v) is 5.52. The number of carbonyl (C=O) groups excluding carboxylic acids is 1. The third-order valence-electron chi connectivity index (χ3n) is 4.83. The first-order valence-electron chi connectivity index (χ1n) is 9.02. The fourth-order valence-electron chi connectivity index (χ4n) is 3.35. The number of halogens is 1. The Balaban J connectivity index is 1.73. The Bertz CT molecular complexity index is 1020. The summed E-state index contributed by atoms with van der Waals surface area (Å²) in [7, 11) is 1.64. The first-order valence-corrected chi connectivity index (χ1v) is 9.81. The van der Waals surface area contributed by atoms with E-state index < -0.39 is 0 Å². The Labute approximate surface area is 172 Å². The van der Waals surface area contributed by atoms with Gasteiger partial charge >= 0.3 is 0 Å². The Morgan fingerprint density at radius 2 is 1.68 bits per heavy atom. The molecule has 140 valence electrons. The highest BCUT2D eigenvalue weighted by Gasteiger charge is 2.34. The lowest BCUT2D eigenvalue weighted by Crippen LogP contribution is -2.27. The standard InChI is InChI=1S/C23H19BrN2O2/c1-28-18-13-11-16(12-14-18)21-15-22(17-7-3-2-4-8-17)26(25-21)23(27)19-9-5-6-10-20(19)24/h2-14,22H,15H2,1H3/t22-/m0/s1. The van der Waals surface area contributed by atoms with Gasteiger partial charge in [-0.05, 0) is 63.5 Å². The lowest BCUT2D eigenvalue weighted by molar-refractivity contribution is 0.0710. The Morgan fingerprint density at radius 1 is 1.00 bits per heavy atom. The van der Waals surface area contributed by atoms with Gasteiger partial charge < -0.3 is 4.74 Å². The van der Waals surface area contributed by atoms with Gasteiger partial charge in [-0.1, -0.05) is 42.5 Å². The van der Waals surface area contributed by atoms with Crippen molar-refractivity contribution in [2.45, 2.75) is 12.5 Å². The van der Waals surface area contributed by atoms with Crippen LogP contribution in [0, 0.1) is 0 Å². The summed E-state index contributed by atoms with van der Waals surface area (Å²) in [6.45, 7) is 0. The normalized spacial score (nSPS) is 16.0. The molecule has 1 amide bonds. The van der Waals surface area contributed by atoms with Crippen molar-refractivity contribution >= 4 is 27.5 Å². The molecule has 1 heterocycles. The molecule has 0 unspecified atom stereocenters. The lowest BCUT2D eigenvalue weighted by Gasteiger charge is -2.22. The van der Waals surface area contributed by atoms with Crippen LogP contribution in [0.3, 0.4) is 0 Å². The van der Waals surface area contributed by atoms with Gasteiger partial charge in [-0.25, -0.2) is 5.01 Å². The summed E-state index contributed by atoms with van der Waals surface area (Å²) in [6.07, 6.45) is 0.659. The third kappa shape index (κ3) is 3.58. The fourth-order valence-corrected chi connectivity index (χ4v) is 3.80. The zero-order valence-electron chi connectivity index (χ0n) is 15.4. The number of hydrogen-bond donors (Lipinski definition) is 0. The van der Waals surface area contributed by atoms with E-state index >= 15 is 0 Å². The van der Waals surface area contributed by atoms with Crippen molar-refractivity contribution < 1.29 is 9.53 Å². The summed E-state index contributed by atoms with van der Waals surface area (Å²) < 4.78 is 6.01. The summed E-state index contributed by atoms with van der Waals surface area (Å²) in [4.78, 5) is 13.3. The number of carbonyl (C=O) groups is 1. The van der Waals surface area contributed by atoms with Crippen molar-refractivity contribution in [2.75, 3.05) is 7.11 Å². The van der Waals surface area contributed by atoms with E-state index in [1.54, 1.807) is 12.1 Å². The van der Waals surface area contributed by atoms with E-state index in [4.69, 9.17) is 9.84 Å². The lowest BCUT2D eigenvalue weighted by atomic mass is 9.98. The summed E-state index contributed by atoms with van der Waals surface area (Å²) >= 11 is 3.49. The molecule has 0 saturated heterocycles. The second-order valence-corrected chi connectivity index (χ2v) is 7.39. The van der Waals surface area contributed by atoms with Gasteiger partial charge in [0.05, 0.1) is 24.4 Å². The number of methoxy groups -OCH3 is 1. The summed E-state index contributed by atoms with van der Waals surface area (Å²) in [5.74, 6) is 0.674. The predicted octanol–water partition coefficient (Wildman–Crippen LogP) is 5.45. The zero-order valence-corrected chi connectivity index (χ0v) is 17.0. The molecular weight excluding hydrogens is 416 g/mol. The number of rotatable bonds is 4. The molecule has 1 aliphatic heterocycles. The fraction of sp³-hybridized carbons (Fsp3) is 0.130. The van der Waals surface area contributed by atoms with Crippen LogP contribution in [0.1, 0.15) is 33.9 Å². The number of nitrogens with zero attached hydrogens (tertiary/aromatic N) is 2. The van der Waals surface area contributed by atoms with E-state index in [-0.39, 0.29) is 11.9 Å². The largest absolute Gasteiger partial charge is 0.497 e. The highest BCUT2D eigenvalue weighted by molar-refractivity contribution is 9.10. The number of benzene rings is 3.